The zero-order chi connectivity index (χ0) is 16.5. The van der Waals surface area contributed by atoms with Crippen LogP contribution < -0.4 is 11.5 Å². The lowest BCUT2D eigenvalue weighted by Gasteiger charge is -2.33. The van der Waals surface area contributed by atoms with Gasteiger partial charge in [0.25, 0.3) is 0 Å². The van der Waals surface area contributed by atoms with Gasteiger partial charge in [-0.3, -0.25) is 0 Å². The van der Waals surface area contributed by atoms with Gasteiger partial charge < -0.3 is 16.2 Å². The summed E-state index contributed by atoms with van der Waals surface area (Å²) < 4.78 is 56.9. The van der Waals surface area contributed by atoms with Crippen molar-refractivity contribution in [3.05, 3.63) is 35.1 Å². The molecule has 122 valence electrons. The summed E-state index contributed by atoms with van der Waals surface area (Å²) in [6.45, 7) is 0. The predicted octanol–water partition coefficient (Wildman–Crippen LogP) is 2.90. The van der Waals surface area contributed by atoms with Gasteiger partial charge in [0.05, 0.1) is 5.56 Å². The molecular formula is C14H16F4N2O2. The first-order chi connectivity index (χ1) is 10.2. The van der Waals surface area contributed by atoms with Gasteiger partial charge in [0.15, 0.2) is 0 Å². The van der Waals surface area contributed by atoms with Crippen molar-refractivity contribution in [2.45, 2.75) is 43.5 Å². The van der Waals surface area contributed by atoms with E-state index in [1.807, 2.05) is 0 Å². The van der Waals surface area contributed by atoms with Crippen molar-refractivity contribution in [1.29, 1.82) is 0 Å². The molecule has 3 atom stereocenters. The van der Waals surface area contributed by atoms with Crippen LogP contribution in [0, 0.1) is 5.82 Å². The molecule has 0 heterocycles. The van der Waals surface area contributed by atoms with E-state index in [4.69, 9.17) is 16.2 Å². The van der Waals surface area contributed by atoms with E-state index in [9.17, 15) is 22.4 Å². The van der Waals surface area contributed by atoms with E-state index in [2.05, 4.69) is 0 Å². The molecule has 0 unspecified atom stereocenters. The Labute approximate surface area is 124 Å². The number of ether oxygens (including phenoxy) is 1. The zero-order valence-electron chi connectivity index (χ0n) is 11.6. The summed E-state index contributed by atoms with van der Waals surface area (Å²) in [5, 5.41) is 0. The Bertz CT molecular complexity index is 562. The van der Waals surface area contributed by atoms with Gasteiger partial charge >= 0.3 is 12.3 Å². The van der Waals surface area contributed by atoms with Gasteiger partial charge in [-0.25, -0.2) is 9.18 Å². The van der Waals surface area contributed by atoms with Crippen molar-refractivity contribution in [3.8, 4) is 0 Å². The van der Waals surface area contributed by atoms with E-state index in [1.54, 1.807) is 0 Å². The molecular weight excluding hydrogens is 304 g/mol. The molecule has 22 heavy (non-hydrogen) atoms. The highest BCUT2D eigenvalue weighted by atomic mass is 19.4. The first-order valence-corrected chi connectivity index (χ1v) is 6.76. The number of alkyl halides is 3. The minimum Gasteiger partial charge on any atom is -0.445 e. The molecule has 1 saturated carbocycles. The number of hydrogen-bond acceptors (Lipinski definition) is 3. The molecule has 1 fully saturated rings. The Kier molecular flexibility index (Phi) is 4.60. The van der Waals surface area contributed by atoms with Crippen molar-refractivity contribution in [2.75, 3.05) is 0 Å². The number of rotatable bonds is 2. The average Bonchev–Trinajstić information content (AvgIpc) is 2.40. The molecule has 1 aliphatic rings. The second kappa shape index (κ2) is 6.12. The fourth-order valence-electron chi connectivity index (χ4n) is 2.79. The van der Waals surface area contributed by atoms with E-state index in [0.717, 1.165) is 12.1 Å². The lowest BCUT2D eigenvalue weighted by Crippen LogP contribution is -2.43. The lowest BCUT2D eigenvalue weighted by atomic mass is 9.79. The fraction of sp³-hybridized carbons (Fsp3) is 0.500. The van der Waals surface area contributed by atoms with E-state index in [-0.39, 0.29) is 12.0 Å². The highest BCUT2D eigenvalue weighted by Gasteiger charge is 2.35. The number of carbonyl (C=O) groups excluding carboxylic acids is 1. The standard InChI is InChI=1S/C14H16F4N2O2/c15-10-3-2-8(14(16,17)18)6-9(10)7-1-4-12(11(19)5-7)22-13(20)21/h2-3,6-7,11-12H,1,4-5,19H2,(H2,20,21)/t7-,11-,12-/m0/s1. The second-order valence-corrected chi connectivity index (χ2v) is 5.38. The second-order valence-electron chi connectivity index (χ2n) is 5.38. The Balaban J connectivity index is 2.18. The van der Waals surface area contributed by atoms with Gasteiger partial charge in [0.1, 0.15) is 11.9 Å². The van der Waals surface area contributed by atoms with Crippen LogP contribution in [0.1, 0.15) is 36.3 Å². The maximum Gasteiger partial charge on any atom is 0.416 e. The third-order valence-electron chi connectivity index (χ3n) is 3.86. The van der Waals surface area contributed by atoms with E-state index < -0.39 is 41.7 Å². The van der Waals surface area contributed by atoms with Crippen LogP contribution >= 0.6 is 0 Å². The maximum atomic E-state index is 13.9. The van der Waals surface area contributed by atoms with Crippen LogP contribution in [-0.2, 0) is 10.9 Å². The molecule has 1 amide bonds. The highest BCUT2D eigenvalue weighted by molar-refractivity contribution is 5.64. The quantitative estimate of drug-likeness (QED) is 0.822. The number of nitrogens with two attached hydrogens (primary N) is 2. The monoisotopic (exact) mass is 320 g/mol. The predicted molar refractivity (Wildman–Crippen MR) is 70.4 cm³/mol. The zero-order valence-corrected chi connectivity index (χ0v) is 11.6. The van der Waals surface area contributed by atoms with E-state index in [1.165, 1.54) is 0 Å². The number of benzene rings is 1. The van der Waals surface area contributed by atoms with Crippen molar-refractivity contribution in [1.82, 2.24) is 0 Å². The Morgan fingerprint density at radius 2 is 1.95 bits per heavy atom. The third kappa shape index (κ3) is 3.68. The SMILES string of the molecule is NC(=O)O[C@H]1CC[C@H](c2cc(C(F)(F)F)ccc2F)C[C@@H]1N. The summed E-state index contributed by atoms with van der Waals surface area (Å²) in [6, 6.07) is 1.75. The average molecular weight is 320 g/mol. The Hall–Kier alpha value is -1.83. The van der Waals surface area contributed by atoms with Crippen molar-refractivity contribution >= 4 is 6.09 Å². The summed E-state index contributed by atoms with van der Waals surface area (Å²) in [5.74, 6) is -1.15. The molecule has 1 aliphatic carbocycles. The molecule has 0 radical (unpaired) electrons. The minimum atomic E-state index is -4.53. The van der Waals surface area contributed by atoms with Gasteiger partial charge in [-0.1, -0.05) is 0 Å². The molecule has 1 aromatic carbocycles. The van der Waals surface area contributed by atoms with Crippen molar-refractivity contribution in [2.24, 2.45) is 11.5 Å². The summed E-state index contributed by atoms with van der Waals surface area (Å²) in [4.78, 5) is 10.7. The molecule has 0 aromatic heterocycles. The molecule has 0 bridgehead atoms. The summed E-state index contributed by atoms with van der Waals surface area (Å²) in [6.07, 6.45) is -5.17. The highest BCUT2D eigenvalue weighted by Crippen LogP contribution is 2.38. The van der Waals surface area contributed by atoms with Gasteiger partial charge in [-0.15, -0.1) is 0 Å². The van der Waals surface area contributed by atoms with Crippen LogP contribution in [0.5, 0.6) is 0 Å². The molecule has 4 N–H and O–H groups in total. The molecule has 0 aliphatic heterocycles. The number of carbonyl (C=O) groups is 1. The Morgan fingerprint density at radius 3 is 2.50 bits per heavy atom. The fourth-order valence-corrected chi connectivity index (χ4v) is 2.79. The van der Waals surface area contributed by atoms with Crippen molar-refractivity contribution in [3.63, 3.8) is 0 Å². The molecule has 2 rings (SSSR count). The molecule has 0 spiro atoms. The summed E-state index contributed by atoms with van der Waals surface area (Å²) >= 11 is 0. The van der Waals surface area contributed by atoms with Gasteiger partial charge in [0.2, 0.25) is 0 Å². The van der Waals surface area contributed by atoms with Crippen LogP contribution in [-0.4, -0.2) is 18.2 Å². The number of primary amides is 1. The van der Waals surface area contributed by atoms with Crippen LogP contribution in [0.2, 0.25) is 0 Å². The number of hydrogen-bond donors (Lipinski definition) is 2. The first-order valence-electron chi connectivity index (χ1n) is 6.76. The lowest BCUT2D eigenvalue weighted by molar-refractivity contribution is -0.137. The number of halogens is 4. The third-order valence-corrected chi connectivity index (χ3v) is 3.86. The minimum absolute atomic E-state index is 0.0113. The van der Waals surface area contributed by atoms with Gasteiger partial charge in [0, 0.05) is 6.04 Å². The molecule has 0 saturated heterocycles. The topological polar surface area (TPSA) is 78.3 Å². The van der Waals surface area contributed by atoms with Crippen LogP contribution in [0.15, 0.2) is 18.2 Å². The normalized spacial score (nSPS) is 25.8. The van der Waals surface area contributed by atoms with Gasteiger partial charge in [-0.05, 0) is 48.9 Å². The first kappa shape index (κ1) is 16.5. The largest absolute Gasteiger partial charge is 0.445 e. The van der Waals surface area contributed by atoms with Crippen LogP contribution in [0.3, 0.4) is 0 Å². The molecule has 1 aromatic rings. The van der Waals surface area contributed by atoms with E-state index in [0.29, 0.717) is 18.9 Å². The Morgan fingerprint density at radius 1 is 1.27 bits per heavy atom. The van der Waals surface area contributed by atoms with Crippen LogP contribution in [0.25, 0.3) is 0 Å². The van der Waals surface area contributed by atoms with Gasteiger partial charge in [-0.2, -0.15) is 13.2 Å². The maximum absolute atomic E-state index is 13.9. The van der Waals surface area contributed by atoms with Crippen molar-refractivity contribution < 1.29 is 27.1 Å². The van der Waals surface area contributed by atoms with E-state index >= 15 is 0 Å². The number of amides is 1. The molecule has 8 heteroatoms. The summed E-state index contributed by atoms with van der Waals surface area (Å²) in [7, 11) is 0. The summed E-state index contributed by atoms with van der Waals surface area (Å²) in [5.41, 5.74) is 9.87. The van der Waals surface area contributed by atoms with Crippen LogP contribution in [0.4, 0.5) is 22.4 Å². The molecule has 4 nitrogen and oxygen atoms in total. The smallest absolute Gasteiger partial charge is 0.416 e.